The zero-order valence-electron chi connectivity index (χ0n) is 14.6. The fourth-order valence-corrected chi connectivity index (χ4v) is 3.14. The molecule has 0 saturated heterocycles. The lowest BCUT2D eigenvalue weighted by atomic mass is 10.1. The van der Waals surface area contributed by atoms with Gasteiger partial charge in [-0.15, -0.1) is 16.9 Å². The summed E-state index contributed by atoms with van der Waals surface area (Å²) < 4.78 is 16.6. The molecule has 1 aliphatic rings. The number of aromatic nitrogens is 2. The molecule has 3 aromatic rings. The normalized spacial score (nSPS) is 12.6. The molecule has 0 atom stereocenters. The summed E-state index contributed by atoms with van der Waals surface area (Å²) in [7, 11) is 0. The zero-order chi connectivity index (χ0) is 18.6. The van der Waals surface area contributed by atoms with Gasteiger partial charge in [0.15, 0.2) is 11.5 Å². The van der Waals surface area contributed by atoms with Crippen molar-refractivity contribution >= 4 is 23.7 Å². The van der Waals surface area contributed by atoms with Crippen molar-refractivity contribution in [1.29, 1.82) is 0 Å². The highest BCUT2D eigenvalue weighted by molar-refractivity contribution is 7.98. The van der Waals surface area contributed by atoms with E-state index in [1.54, 1.807) is 17.8 Å². The lowest BCUT2D eigenvalue weighted by Gasteiger charge is -2.18. The van der Waals surface area contributed by atoms with Crippen LogP contribution in [-0.4, -0.2) is 35.6 Å². The number of rotatable bonds is 5. The van der Waals surface area contributed by atoms with Crippen LogP contribution in [0.5, 0.6) is 11.5 Å². The number of nitrogens with zero attached hydrogens (tertiary/aromatic N) is 2. The summed E-state index contributed by atoms with van der Waals surface area (Å²) in [4.78, 5) is 13.3. The molecule has 2 heterocycles. The first-order valence-electron chi connectivity index (χ1n) is 8.37. The molecule has 0 unspecified atom stereocenters. The molecule has 0 spiro atoms. The number of benzene rings is 2. The van der Waals surface area contributed by atoms with Crippen molar-refractivity contribution in [3.05, 3.63) is 59.5 Å². The van der Waals surface area contributed by atoms with Gasteiger partial charge in [0, 0.05) is 10.5 Å². The molecular formula is C19H17N3O4S. The standard InChI is InChI=1S/C19H17N3O4S/c1-27-14-4-2-3-13(11-14)18(23)20-19-22-21-17(26-19)10-12-5-6-15-16(9-12)25-8-7-24-15/h2-6,9,11H,7-8,10H2,1H3,(H,20,22,23). The fraction of sp³-hybridized carbons (Fsp3) is 0.211. The first-order chi connectivity index (χ1) is 13.2. The fourth-order valence-electron chi connectivity index (χ4n) is 2.68. The zero-order valence-corrected chi connectivity index (χ0v) is 15.4. The number of amides is 1. The van der Waals surface area contributed by atoms with Gasteiger partial charge in [-0.25, -0.2) is 0 Å². The Morgan fingerprint density at radius 1 is 1.11 bits per heavy atom. The van der Waals surface area contributed by atoms with Crippen LogP contribution in [0.15, 0.2) is 51.8 Å². The van der Waals surface area contributed by atoms with Gasteiger partial charge >= 0.3 is 6.01 Å². The Balaban J connectivity index is 1.43. The molecule has 0 fully saturated rings. The average Bonchev–Trinajstić information content (AvgIpc) is 3.14. The van der Waals surface area contributed by atoms with Crippen LogP contribution < -0.4 is 14.8 Å². The minimum Gasteiger partial charge on any atom is -0.486 e. The molecule has 4 rings (SSSR count). The highest BCUT2D eigenvalue weighted by Gasteiger charge is 2.15. The summed E-state index contributed by atoms with van der Waals surface area (Å²) >= 11 is 1.57. The molecular weight excluding hydrogens is 366 g/mol. The average molecular weight is 383 g/mol. The molecule has 1 N–H and O–H groups in total. The Morgan fingerprint density at radius 2 is 1.96 bits per heavy atom. The Kier molecular flexibility index (Phi) is 4.97. The number of thioether (sulfide) groups is 1. The minimum atomic E-state index is -0.291. The molecule has 1 amide bonds. The number of hydrogen-bond acceptors (Lipinski definition) is 7. The van der Waals surface area contributed by atoms with E-state index in [2.05, 4.69) is 15.5 Å². The predicted molar refractivity (Wildman–Crippen MR) is 101 cm³/mol. The molecule has 8 heteroatoms. The number of fused-ring (bicyclic) bond motifs is 1. The van der Waals surface area contributed by atoms with E-state index in [4.69, 9.17) is 13.9 Å². The van der Waals surface area contributed by atoms with E-state index in [1.165, 1.54) is 0 Å². The smallest absolute Gasteiger partial charge is 0.322 e. The first kappa shape index (κ1) is 17.4. The highest BCUT2D eigenvalue weighted by atomic mass is 32.2. The van der Waals surface area contributed by atoms with Crippen molar-refractivity contribution in [3.63, 3.8) is 0 Å². The lowest BCUT2D eigenvalue weighted by Crippen LogP contribution is -2.15. The van der Waals surface area contributed by atoms with Crippen LogP contribution in [-0.2, 0) is 6.42 Å². The molecule has 1 aliphatic heterocycles. The molecule has 0 radical (unpaired) electrons. The van der Waals surface area contributed by atoms with Gasteiger partial charge in [-0.05, 0) is 42.2 Å². The van der Waals surface area contributed by atoms with Crippen molar-refractivity contribution in [2.24, 2.45) is 0 Å². The van der Waals surface area contributed by atoms with Crippen molar-refractivity contribution < 1.29 is 18.7 Å². The molecule has 1 aromatic heterocycles. The molecule has 0 bridgehead atoms. The van der Waals surface area contributed by atoms with Crippen LogP contribution in [0.2, 0.25) is 0 Å². The number of anilines is 1. The van der Waals surface area contributed by atoms with E-state index < -0.39 is 0 Å². The largest absolute Gasteiger partial charge is 0.486 e. The summed E-state index contributed by atoms with van der Waals surface area (Å²) in [5.41, 5.74) is 1.49. The SMILES string of the molecule is CSc1cccc(C(=O)Nc2nnc(Cc3ccc4c(c3)OCCO4)o2)c1. The third kappa shape index (κ3) is 4.06. The van der Waals surface area contributed by atoms with Gasteiger partial charge in [-0.2, -0.15) is 0 Å². The highest BCUT2D eigenvalue weighted by Crippen LogP contribution is 2.31. The lowest BCUT2D eigenvalue weighted by molar-refractivity contribution is 0.102. The Bertz CT molecular complexity index is 973. The van der Waals surface area contributed by atoms with Crippen molar-refractivity contribution in [1.82, 2.24) is 10.2 Å². The van der Waals surface area contributed by atoms with Gasteiger partial charge in [0.05, 0.1) is 6.42 Å². The summed E-state index contributed by atoms with van der Waals surface area (Å²) in [5, 5.41) is 10.5. The second-order valence-corrected chi connectivity index (χ2v) is 6.72. The first-order valence-corrected chi connectivity index (χ1v) is 9.60. The van der Waals surface area contributed by atoms with Crippen molar-refractivity contribution in [2.45, 2.75) is 11.3 Å². The van der Waals surface area contributed by atoms with E-state index in [9.17, 15) is 4.79 Å². The van der Waals surface area contributed by atoms with Crippen LogP contribution in [0, 0.1) is 0 Å². The number of hydrogen-bond donors (Lipinski definition) is 1. The molecule has 7 nitrogen and oxygen atoms in total. The monoisotopic (exact) mass is 383 g/mol. The molecule has 0 aliphatic carbocycles. The van der Waals surface area contributed by atoms with E-state index in [0.29, 0.717) is 36.8 Å². The van der Waals surface area contributed by atoms with Gasteiger partial charge in [0.25, 0.3) is 5.91 Å². The molecule has 0 saturated carbocycles. The summed E-state index contributed by atoms with van der Waals surface area (Å²) in [6.45, 7) is 1.09. The predicted octanol–water partition coefficient (Wildman–Crippen LogP) is 3.41. The van der Waals surface area contributed by atoms with Gasteiger partial charge in [-0.1, -0.05) is 17.2 Å². The van der Waals surface area contributed by atoms with E-state index in [0.717, 1.165) is 16.2 Å². The van der Waals surface area contributed by atoms with Gasteiger partial charge in [0.2, 0.25) is 5.89 Å². The van der Waals surface area contributed by atoms with E-state index >= 15 is 0 Å². The summed E-state index contributed by atoms with van der Waals surface area (Å²) in [6.07, 6.45) is 2.39. The van der Waals surface area contributed by atoms with Gasteiger partial charge < -0.3 is 13.9 Å². The Morgan fingerprint density at radius 3 is 2.81 bits per heavy atom. The van der Waals surface area contributed by atoms with Gasteiger partial charge in [0.1, 0.15) is 13.2 Å². The van der Waals surface area contributed by atoms with Crippen LogP contribution in [0.25, 0.3) is 0 Å². The second kappa shape index (κ2) is 7.71. The minimum absolute atomic E-state index is 0.0714. The summed E-state index contributed by atoms with van der Waals surface area (Å²) in [5.74, 6) is 1.55. The van der Waals surface area contributed by atoms with Crippen molar-refractivity contribution in [3.8, 4) is 11.5 Å². The quantitative estimate of drug-likeness (QED) is 0.676. The third-order valence-corrected chi connectivity index (χ3v) is 4.71. The van der Waals surface area contributed by atoms with Crippen LogP contribution >= 0.6 is 11.8 Å². The van der Waals surface area contributed by atoms with Crippen molar-refractivity contribution in [2.75, 3.05) is 24.8 Å². The van der Waals surface area contributed by atoms with Crippen LogP contribution in [0.4, 0.5) is 6.01 Å². The van der Waals surface area contributed by atoms with E-state index in [1.807, 2.05) is 42.7 Å². The Labute approximate surface area is 160 Å². The van der Waals surface area contributed by atoms with Gasteiger partial charge in [-0.3, -0.25) is 10.1 Å². The van der Waals surface area contributed by atoms with Crippen LogP contribution in [0.1, 0.15) is 21.8 Å². The summed E-state index contributed by atoms with van der Waals surface area (Å²) in [6, 6.07) is 13.1. The van der Waals surface area contributed by atoms with Crippen LogP contribution in [0.3, 0.4) is 0 Å². The number of ether oxygens (including phenoxy) is 2. The number of carbonyl (C=O) groups excluding carboxylic acids is 1. The maximum Gasteiger partial charge on any atom is 0.322 e. The second-order valence-electron chi connectivity index (χ2n) is 5.84. The maximum absolute atomic E-state index is 12.3. The number of carbonyl (C=O) groups is 1. The third-order valence-electron chi connectivity index (χ3n) is 3.98. The molecule has 138 valence electrons. The maximum atomic E-state index is 12.3. The molecule has 2 aromatic carbocycles. The van der Waals surface area contributed by atoms with E-state index in [-0.39, 0.29) is 11.9 Å². The topological polar surface area (TPSA) is 86.5 Å². The number of nitrogens with one attached hydrogen (secondary N) is 1. The Hall–Kier alpha value is -3.00. The molecule has 27 heavy (non-hydrogen) atoms.